The van der Waals surface area contributed by atoms with Gasteiger partial charge in [-0.1, -0.05) is 28.1 Å². The summed E-state index contributed by atoms with van der Waals surface area (Å²) in [5, 5.41) is 0.277. The predicted octanol–water partition coefficient (Wildman–Crippen LogP) is 4.04. The van der Waals surface area contributed by atoms with Crippen LogP contribution in [0.4, 0.5) is 22.0 Å². The van der Waals surface area contributed by atoms with Gasteiger partial charge in [0.1, 0.15) is 4.90 Å². The lowest BCUT2D eigenvalue weighted by atomic mass is 10.2. The minimum Gasteiger partial charge on any atom is -0.372 e. The number of rotatable bonds is 4. The molecule has 2 aromatic rings. The summed E-state index contributed by atoms with van der Waals surface area (Å²) in [5.41, 5.74) is 0.493. The predicted molar refractivity (Wildman–Crippen MR) is 73.1 cm³/mol. The Balaban J connectivity index is 2.54. The van der Waals surface area contributed by atoms with Crippen molar-refractivity contribution in [3.63, 3.8) is 0 Å². The maximum absolute atomic E-state index is 13.5. The van der Waals surface area contributed by atoms with E-state index in [1.54, 1.807) is 6.07 Å². The average molecular weight is 417 g/mol. The fraction of sp³-hybridized carbons (Fsp3) is 0.0769. The highest BCUT2D eigenvalue weighted by atomic mass is 79.9. The molecule has 0 atom stereocenters. The van der Waals surface area contributed by atoms with Crippen molar-refractivity contribution >= 4 is 26.0 Å². The summed E-state index contributed by atoms with van der Waals surface area (Å²) in [4.78, 5) is -0.501. The fourth-order valence-corrected chi connectivity index (χ4v) is 2.95. The molecular weight excluding hydrogens is 411 g/mol. The smallest absolute Gasteiger partial charge is 0.339 e. The number of alkyl halides is 1. The second kappa shape index (κ2) is 6.44. The molecule has 3 nitrogen and oxygen atoms in total. The van der Waals surface area contributed by atoms with Crippen molar-refractivity contribution in [2.45, 2.75) is 10.2 Å². The fourth-order valence-electron chi connectivity index (χ4n) is 1.60. The third-order valence-electron chi connectivity index (χ3n) is 2.70. The molecule has 0 unspecified atom stereocenters. The first-order chi connectivity index (χ1) is 10.7. The zero-order chi connectivity index (χ0) is 17.4. The maximum Gasteiger partial charge on any atom is 0.339 e. The largest absolute Gasteiger partial charge is 0.372 e. The first-order valence-electron chi connectivity index (χ1n) is 5.80. The molecule has 0 saturated carbocycles. The molecule has 0 N–H and O–H groups in total. The lowest BCUT2D eigenvalue weighted by Crippen LogP contribution is -2.14. The highest BCUT2D eigenvalue weighted by molar-refractivity contribution is 9.08. The normalized spacial score (nSPS) is 11.6. The van der Waals surface area contributed by atoms with Crippen LogP contribution in [0.5, 0.6) is 5.75 Å². The van der Waals surface area contributed by atoms with E-state index in [2.05, 4.69) is 20.1 Å². The molecule has 0 aliphatic rings. The molecule has 0 amide bonds. The first-order valence-corrected chi connectivity index (χ1v) is 8.33. The minimum absolute atomic E-state index is 0.277. The molecule has 0 heterocycles. The second-order valence-electron chi connectivity index (χ2n) is 4.22. The van der Waals surface area contributed by atoms with Crippen molar-refractivity contribution in [3.05, 3.63) is 58.9 Å². The van der Waals surface area contributed by atoms with Crippen LogP contribution in [-0.2, 0) is 15.4 Å². The van der Waals surface area contributed by atoms with Crippen molar-refractivity contribution in [2.24, 2.45) is 0 Å². The van der Waals surface area contributed by atoms with E-state index in [1.807, 2.05) is 0 Å². The molecule has 0 aliphatic carbocycles. The van der Waals surface area contributed by atoms with Crippen molar-refractivity contribution in [2.75, 3.05) is 0 Å². The Labute approximate surface area is 135 Å². The van der Waals surface area contributed by atoms with Gasteiger partial charge in [0.2, 0.25) is 34.8 Å². The third-order valence-corrected chi connectivity index (χ3v) is 4.57. The van der Waals surface area contributed by atoms with Crippen LogP contribution in [0.2, 0.25) is 0 Å². The summed E-state index contributed by atoms with van der Waals surface area (Å²) in [6, 6.07) is 5.04. The Bertz CT molecular complexity index is 841. The van der Waals surface area contributed by atoms with Crippen LogP contribution in [-0.4, -0.2) is 8.42 Å². The molecule has 0 bridgehead atoms. The van der Waals surface area contributed by atoms with Crippen molar-refractivity contribution in [3.8, 4) is 5.75 Å². The van der Waals surface area contributed by atoms with E-state index in [-0.39, 0.29) is 5.33 Å². The molecule has 0 fully saturated rings. The van der Waals surface area contributed by atoms with E-state index >= 15 is 0 Å². The molecule has 0 aliphatic heterocycles. The van der Waals surface area contributed by atoms with Crippen LogP contribution in [0, 0.1) is 29.1 Å². The summed E-state index contributed by atoms with van der Waals surface area (Å²) in [6.07, 6.45) is 0. The van der Waals surface area contributed by atoms with E-state index in [1.165, 1.54) is 6.07 Å². The van der Waals surface area contributed by atoms with Gasteiger partial charge in [0.05, 0.1) is 0 Å². The van der Waals surface area contributed by atoms with Gasteiger partial charge >= 0.3 is 10.1 Å². The summed E-state index contributed by atoms with van der Waals surface area (Å²) >= 11 is 3.08. The Hall–Kier alpha value is -1.68. The van der Waals surface area contributed by atoms with Gasteiger partial charge in [-0.25, -0.2) is 13.2 Å². The molecule has 10 heteroatoms. The van der Waals surface area contributed by atoms with Crippen molar-refractivity contribution in [1.82, 2.24) is 0 Å². The third kappa shape index (κ3) is 3.32. The highest BCUT2D eigenvalue weighted by Crippen LogP contribution is 2.31. The molecule has 2 aromatic carbocycles. The minimum atomic E-state index is -4.79. The summed E-state index contributed by atoms with van der Waals surface area (Å²) < 4.78 is 94.1. The topological polar surface area (TPSA) is 43.4 Å². The SMILES string of the molecule is O=S(=O)(Oc1c(F)c(F)c(F)c(F)c1F)c1cccc(CBr)c1. The standard InChI is InChI=1S/C13H6BrF5O3S/c14-5-6-2-1-3-7(4-6)23(20,21)22-13-11(18)9(16)8(15)10(17)12(13)19/h1-4H,5H2. The van der Waals surface area contributed by atoms with Crippen LogP contribution in [0.1, 0.15) is 5.56 Å². The molecule has 0 radical (unpaired) electrons. The van der Waals surface area contributed by atoms with E-state index < -0.39 is 49.8 Å². The van der Waals surface area contributed by atoms with E-state index in [9.17, 15) is 30.4 Å². The quantitative estimate of drug-likeness (QED) is 0.248. The molecular formula is C13H6BrF5O3S. The van der Waals surface area contributed by atoms with Gasteiger partial charge in [-0.15, -0.1) is 0 Å². The molecule has 124 valence electrons. The van der Waals surface area contributed by atoms with Gasteiger partial charge in [0.25, 0.3) is 0 Å². The molecule has 2 rings (SSSR count). The number of halogens is 6. The van der Waals surface area contributed by atoms with Gasteiger partial charge in [-0.05, 0) is 17.7 Å². The zero-order valence-electron chi connectivity index (χ0n) is 10.9. The van der Waals surface area contributed by atoms with Crippen molar-refractivity contribution < 1.29 is 34.6 Å². The zero-order valence-corrected chi connectivity index (χ0v) is 13.3. The number of benzene rings is 2. The molecule has 0 aromatic heterocycles. The molecule has 23 heavy (non-hydrogen) atoms. The van der Waals surface area contributed by atoms with Gasteiger partial charge in [0.15, 0.2) is 0 Å². The Morgan fingerprint density at radius 1 is 0.913 bits per heavy atom. The maximum atomic E-state index is 13.5. The van der Waals surface area contributed by atoms with E-state index in [0.29, 0.717) is 5.56 Å². The second-order valence-corrected chi connectivity index (χ2v) is 6.32. The monoisotopic (exact) mass is 416 g/mol. The average Bonchev–Trinajstić information content (AvgIpc) is 2.55. The first kappa shape index (κ1) is 17.7. The lowest BCUT2D eigenvalue weighted by Gasteiger charge is -2.10. The summed E-state index contributed by atoms with van der Waals surface area (Å²) in [6.45, 7) is 0. The number of hydrogen-bond donors (Lipinski definition) is 0. The van der Waals surface area contributed by atoms with Crippen LogP contribution in [0.3, 0.4) is 0 Å². The number of hydrogen-bond acceptors (Lipinski definition) is 3. The Kier molecular flexibility index (Phi) is 4.95. The van der Waals surface area contributed by atoms with E-state index in [0.717, 1.165) is 12.1 Å². The molecule has 0 saturated heterocycles. The van der Waals surface area contributed by atoms with Gasteiger partial charge < -0.3 is 4.18 Å². The van der Waals surface area contributed by atoms with Gasteiger partial charge in [0, 0.05) is 5.33 Å². The van der Waals surface area contributed by atoms with Crippen LogP contribution in [0.15, 0.2) is 29.2 Å². The van der Waals surface area contributed by atoms with Gasteiger partial charge in [-0.3, -0.25) is 0 Å². The summed E-state index contributed by atoms with van der Waals surface area (Å²) in [5.74, 6) is -13.6. The van der Waals surface area contributed by atoms with E-state index in [4.69, 9.17) is 0 Å². The lowest BCUT2D eigenvalue weighted by molar-refractivity contribution is 0.346. The molecule has 0 spiro atoms. The highest BCUT2D eigenvalue weighted by Gasteiger charge is 2.30. The van der Waals surface area contributed by atoms with Crippen LogP contribution in [0.25, 0.3) is 0 Å². The van der Waals surface area contributed by atoms with Gasteiger partial charge in [-0.2, -0.15) is 17.2 Å². The van der Waals surface area contributed by atoms with Crippen LogP contribution >= 0.6 is 15.9 Å². The van der Waals surface area contributed by atoms with Crippen molar-refractivity contribution in [1.29, 1.82) is 0 Å². The van der Waals surface area contributed by atoms with Crippen LogP contribution < -0.4 is 4.18 Å². The Morgan fingerprint density at radius 2 is 1.43 bits per heavy atom. The Morgan fingerprint density at radius 3 is 1.96 bits per heavy atom. The summed E-state index contributed by atoms with van der Waals surface area (Å²) in [7, 11) is -4.79.